The minimum absolute atomic E-state index is 0.0728. The zero-order chi connectivity index (χ0) is 22.7. The first-order chi connectivity index (χ1) is 15.5. The molecule has 4 rings (SSSR count). The van der Waals surface area contributed by atoms with Gasteiger partial charge in [0.2, 0.25) is 0 Å². The number of hydrogen-bond acceptors (Lipinski definition) is 6. The number of ether oxygens (including phenoxy) is 3. The number of nitrogens with one attached hydrogen (secondary N) is 2. The number of aryl methyl sites for hydroxylation is 1. The summed E-state index contributed by atoms with van der Waals surface area (Å²) in [6.07, 6.45) is 0.724. The van der Waals surface area contributed by atoms with E-state index in [1.165, 1.54) is 0 Å². The van der Waals surface area contributed by atoms with Gasteiger partial charge < -0.3 is 24.8 Å². The number of amides is 1. The van der Waals surface area contributed by atoms with Gasteiger partial charge in [0.1, 0.15) is 5.75 Å². The number of likely N-dealkylation sites (N-methyl/N-ethyl adjacent to an activating group) is 1. The SMILES string of the molecule is CCOc1cccc(Nc2nn(C)c3c2Cc2cc(OCC)c(OCC(=O)NC)cc2-3)c1. The quantitative estimate of drug-likeness (QED) is 0.416. The summed E-state index contributed by atoms with van der Waals surface area (Å²) >= 11 is 0. The fourth-order valence-electron chi connectivity index (χ4n) is 3.90. The maximum Gasteiger partial charge on any atom is 0.257 e. The van der Waals surface area contributed by atoms with Gasteiger partial charge in [-0.05, 0) is 43.7 Å². The highest BCUT2D eigenvalue weighted by atomic mass is 16.5. The van der Waals surface area contributed by atoms with E-state index in [0.717, 1.165) is 46.1 Å². The average molecular weight is 437 g/mol. The predicted molar refractivity (Wildman–Crippen MR) is 123 cm³/mol. The molecule has 1 heterocycles. The monoisotopic (exact) mass is 436 g/mol. The van der Waals surface area contributed by atoms with Crippen molar-refractivity contribution in [3.05, 3.63) is 47.5 Å². The number of benzene rings is 2. The number of aromatic nitrogens is 2. The van der Waals surface area contributed by atoms with Gasteiger partial charge in [-0.2, -0.15) is 5.10 Å². The van der Waals surface area contributed by atoms with Crippen molar-refractivity contribution in [1.82, 2.24) is 15.1 Å². The number of fused-ring (bicyclic) bond motifs is 3. The van der Waals surface area contributed by atoms with E-state index >= 15 is 0 Å². The Balaban J connectivity index is 1.66. The van der Waals surface area contributed by atoms with Crippen LogP contribution in [-0.4, -0.2) is 42.6 Å². The molecule has 1 aromatic heterocycles. The van der Waals surface area contributed by atoms with E-state index < -0.39 is 0 Å². The molecule has 8 nitrogen and oxygen atoms in total. The molecule has 2 N–H and O–H groups in total. The molecule has 32 heavy (non-hydrogen) atoms. The van der Waals surface area contributed by atoms with Crippen LogP contribution in [0.1, 0.15) is 25.0 Å². The Kier molecular flexibility index (Phi) is 6.20. The van der Waals surface area contributed by atoms with E-state index in [1.807, 2.05) is 62.0 Å². The van der Waals surface area contributed by atoms with Crippen LogP contribution in [0.4, 0.5) is 11.5 Å². The largest absolute Gasteiger partial charge is 0.494 e. The van der Waals surface area contributed by atoms with Gasteiger partial charge in [-0.1, -0.05) is 6.07 Å². The Morgan fingerprint density at radius 2 is 1.88 bits per heavy atom. The molecular formula is C24H28N4O4. The second-order valence-corrected chi connectivity index (χ2v) is 7.41. The molecule has 0 unspecified atom stereocenters. The topological polar surface area (TPSA) is 86.6 Å². The van der Waals surface area contributed by atoms with Crippen molar-refractivity contribution in [1.29, 1.82) is 0 Å². The molecule has 0 saturated heterocycles. The number of nitrogens with zero attached hydrogens (tertiary/aromatic N) is 2. The minimum Gasteiger partial charge on any atom is -0.494 e. The summed E-state index contributed by atoms with van der Waals surface area (Å²) in [6, 6.07) is 11.8. The van der Waals surface area contributed by atoms with E-state index in [0.29, 0.717) is 24.7 Å². The maximum absolute atomic E-state index is 11.7. The van der Waals surface area contributed by atoms with Crippen LogP contribution >= 0.6 is 0 Å². The standard InChI is InChI=1S/C24H28N4O4/c1-5-30-17-9-7-8-16(12-17)26-24-19-10-15-11-20(31-6-2)21(32-14-22(29)25-3)13-18(15)23(19)28(4)27-24/h7-9,11-13H,5-6,10,14H2,1-4H3,(H,25,29)(H,26,27). The molecule has 0 bridgehead atoms. The number of hydrogen-bond donors (Lipinski definition) is 2. The van der Waals surface area contributed by atoms with Gasteiger partial charge in [0.05, 0.1) is 18.9 Å². The third-order valence-corrected chi connectivity index (χ3v) is 5.28. The lowest BCUT2D eigenvalue weighted by molar-refractivity contribution is -0.122. The third kappa shape index (κ3) is 4.21. The van der Waals surface area contributed by atoms with Gasteiger partial charge in [-0.25, -0.2) is 0 Å². The van der Waals surface area contributed by atoms with Crippen molar-refractivity contribution in [2.45, 2.75) is 20.3 Å². The molecule has 0 atom stereocenters. The summed E-state index contributed by atoms with van der Waals surface area (Å²) in [4.78, 5) is 11.7. The van der Waals surface area contributed by atoms with E-state index in [2.05, 4.69) is 10.6 Å². The summed E-state index contributed by atoms with van der Waals surface area (Å²) < 4.78 is 19.0. The summed E-state index contributed by atoms with van der Waals surface area (Å²) in [5.74, 6) is 2.60. The van der Waals surface area contributed by atoms with Crippen molar-refractivity contribution in [2.24, 2.45) is 7.05 Å². The fraction of sp³-hybridized carbons (Fsp3) is 0.333. The molecule has 0 fully saturated rings. The lowest BCUT2D eigenvalue weighted by Gasteiger charge is -2.14. The van der Waals surface area contributed by atoms with E-state index in [4.69, 9.17) is 19.3 Å². The Bertz CT molecular complexity index is 1140. The van der Waals surface area contributed by atoms with Crippen molar-refractivity contribution in [3.63, 3.8) is 0 Å². The van der Waals surface area contributed by atoms with Crippen LogP contribution in [0.5, 0.6) is 17.2 Å². The maximum atomic E-state index is 11.7. The highest BCUT2D eigenvalue weighted by molar-refractivity contribution is 5.82. The Morgan fingerprint density at radius 3 is 2.62 bits per heavy atom. The van der Waals surface area contributed by atoms with Crippen LogP contribution in [0.3, 0.4) is 0 Å². The molecule has 1 aliphatic carbocycles. The first-order valence-electron chi connectivity index (χ1n) is 10.7. The smallest absolute Gasteiger partial charge is 0.257 e. The summed E-state index contributed by atoms with van der Waals surface area (Å²) in [6.45, 7) is 4.94. The van der Waals surface area contributed by atoms with Gasteiger partial charge in [-0.15, -0.1) is 0 Å². The van der Waals surface area contributed by atoms with Crippen LogP contribution in [-0.2, 0) is 18.3 Å². The molecule has 0 saturated carbocycles. The number of anilines is 2. The van der Waals surface area contributed by atoms with Crippen molar-refractivity contribution in [3.8, 4) is 28.5 Å². The first kappa shape index (κ1) is 21.5. The van der Waals surface area contributed by atoms with Crippen LogP contribution in [0.25, 0.3) is 11.3 Å². The molecule has 8 heteroatoms. The second-order valence-electron chi connectivity index (χ2n) is 7.41. The van der Waals surface area contributed by atoms with Crippen molar-refractivity contribution >= 4 is 17.4 Å². The second kappa shape index (κ2) is 9.21. The highest BCUT2D eigenvalue weighted by Gasteiger charge is 2.29. The van der Waals surface area contributed by atoms with Gasteiger partial charge in [-0.3, -0.25) is 9.48 Å². The third-order valence-electron chi connectivity index (χ3n) is 5.28. The highest BCUT2D eigenvalue weighted by Crippen LogP contribution is 2.45. The van der Waals surface area contributed by atoms with E-state index in [-0.39, 0.29) is 12.5 Å². The predicted octanol–water partition coefficient (Wildman–Crippen LogP) is 3.66. The average Bonchev–Trinajstić information content (AvgIpc) is 3.29. The zero-order valence-electron chi connectivity index (χ0n) is 18.8. The molecule has 0 radical (unpaired) electrons. The zero-order valence-corrected chi connectivity index (χ0v) is 18.8. The van der Waals surface area contributed by atoms with Gasteiger partial charge in [0.15, 0.2) is 23.9 Å². The van der Waals surface area contributed by atoms with Gasteiger partial charge in [0, 0.05) is 43.4 Å². The molecule has 3 aromatic rings. The molecule has 168 valence electrons. The summed E-state index contributed by atoms with van der Waals surface area (Å²) in [5.41, 5.74) is 5.21. The molecule has 1 aliphatic rings. The summed E-state index contributed by atoms with van der Waals surface area (Å²) in [5, 5.41) is 10.7. The van der Waals surface area contributed by atoms with Crippen LogP contribution in [0.15, 0.2) is 36.4 Å². The summed E-state index contributed by atoms with van der Waals surface area (Å²) in [7, 11) is 3.51. The van der Waals surface area contributed by atoms with Crippen LogP contribution in [0, 0.1) is 0 Å². The number of carbonyl (C=O) groups is 1. The molecular weight excluding hydrogens is 408 g/mol. The van der Waals surface area contributed by atoms with Gasteiger partial charge >= 0.3 is 0 Å². The van der Waals surface area contributed by atoms with Crippen LogP contribution in [0.2, 0.25) is 0 Å². The molecule has 2 aromatic carbocycles. The Labute approximate surface area is 187 Å². The van der Waals surface area contributed by atoms with Crippen molar-refractivity contribution in [2.75, 3.05) is 32.2 Å². The number of carbonyl (C=O) groups excluding carboxylic acids is 1. The minimum atomic E-state index is -0.199. The fourth-order valence-corrected chi connectivity index (χ4v) is 3.90. The Hall–Kier alpha value is -3.68. The first-order valence-corrected chi connectivity index (χ1v) is 10.7. The normalized spacial score (nSPS) is 11.5. The lowest BCUT2D eigenvalue weighted by Crippen LogP contribution is -2.25. The van der Waals surface area contributed by atoms with E-state index in [9.17, 15) is 4.79 Å². The molecule has 1 amide bonds. The van der Waals surface area contributed by atoms with Crippen molar-refractivity contribution < 1.29 is 19.0 Å². The lowest BCUT2D eigenvalue weighted by atomic mass is 10.1. The Morgan fingerprint density at radius 1 is 1.09 bits per heavy atom. The van der Waals surface area contributed by atoms with E-state index in [1.54, 1.807) is 7.05 Å². The number of rotatable bonds is 9. The molecule has 0 aliphatic heterocycles. The van der Waals surface area contributed by atoms with Crippen LogP contribution < -0.4 is 24.8 Å². The molecule has 0 spiro atoms. The van der Waals surface area contributed by atoms with Gasteiger partial charge in [0.25, 0.3) is 5.91 Å².